The fraction of sp³-hybridized carbons (Fsp3) is 0.667. The van der Waals surface area contributed by atoms with Crippen molar-refractivity contribution in [2.24, 2.45) is 0 Å². The zero-order chi connectivity index (χ0) is 9.73. The van der Waals surface area contributed by atoms with Crippen LogP contribution in [-0.4, -0.2) is 34.7 Å². The van der Waals surface area contributed by atoms with Gasteiger partial charge in [0.25, 0.3) is 5.91 Å². The van der Waals surface area contributed by atoms with E-state index in [0.29, 0.717) is 25.1 Å². The van der Waals surface area contributed by atoms with Gasteiger partial charge < -0.3 is 10.4 Å². The van der Waals surface area contributed by atoms with Gasteiger partial charge in [0.15, 0.2) is 5.60 Å². The molecule has 0 aromatic rings. The maximum absolute atomic E-state index is 11.4. The van der Waals surface area contributed by atoms with Crippen LogP contribution in [0, 0.1) is 12.3 Å². The molecule has 0 aromatic heterocycles. The highest BCUT2D eigenvalue weighted by Crippen LogP contribution is 2.27. The number of carbonyl (C=O) groups excluding carboxylic acids is 1. The average Bonchev–Trinajstić information content (AvgIpc) is 2.54. The molecule has 1 aliphatic rings. The Balaban J connectivity index is 2.34. The molecule has 1 atom stereocenters. The summed E-state index contributed by atoms with van der Waals surface area (Å²) >= 11 is 1.60. The molecular weight excluding hydrogens is 186 g/mol. The van der Waals surface area contributed by atoms with Crippen LogP contribution in [0.2, 0.25) is 0 Å². The Bertz CT molecular complexity index is 228. The quantitative estimate of drug-likeness (QED) is 0.496. The van der Waals surface area contributed by atoms with Gasteiger partial charge in [0.1, 0.15) is 0 Å². The second-order valence-corrected chi connectivity index (χ2v) is 4.15. The van der Waals surface area contributed by atoms with E-state index < -0.39 is 5.60 Å². The van der Waals surface area contributed by atoms with E-state index >= 15 is 0 Å². The molecule has 1 amide bonds. The maximum atomic E-state index is 11.4. The Morgan fingerprint density at radius 1 is 1.77 bits per heavy atom. The van der Waals surface area contributed by atoms with Crippen LogP contribution in [0.5, 0.6) is 0 Å². The van der Waals surface area contributed by atoms with Gasteiger partial charge in [-0.05, 0) is 12.2 Å². The first-order valence-corrected chi connectivity index (χ1v) is 5.36. The lowest BCUT2D eigenvalue weighted by Gasteiger charge is -2.19. The highest BCUT2D eigenvalue weighted by atomic mass is 32.2. The lowest BCUT2D eigenvalue weighted by atomic mass is 10.0. The van der Waals surface area contributed by atoms with Crippen LogP contribution in [0.1, 0.15) is 12.8 Å². The monoisotopic (exact) mass is 199 g/mol. The minimum atomic E-state index is -1.15. The Kier molecular flexibility index (Phi) is 3.64. The largest absolute Gasteiger partial charge is 0.379 e. The third-order valence-corrected chi connectivity index (χ3v) is 3.15. The molecule has 1 rings (SSSR count). The highest BCUT2D eigenvalue weighted by Gasteiger charge is 2.38. The fourth-order valence-electron chi connectivity index (χ4n) is 1.15. The van der Waals surface area contributed by atoms with Gasteiger partial charge in [-0.3, -0.25) is 4.79 Å². The van der Waals surface area contributed by atoms with Crippen LogP contribution < -0.4 is 5.32 Å². The Hall–Kier alpha value is -0.660. The molecule has 72 valence electrons. The summed E-state index contributed by atoms with van der Waals surface area (Å²) in [6.45, 7) is 0.447. The van der Waals surface area contributed by atoms with Gasteiger partial charge in [-0.25, -0.2) is 0 Å². The van der Waals surface area contributed by atoms with Gasteiger partial charge in [0.2, 0.25) is 0 Å². The summed E-state index contributed by atoms with van der Waals surface area (Å²) in [6.07, 6.45) is 6.08. The SMILES string of the molecule is C#CCCNC(=O)C1(O)CCSC1. The molecule has 1 saturated heterocycles. The van der Waals surface area contributed by atoms with Crippen molar-refractivity contribution >= 4 is 17.7 Å². The standard InChI is InChI=1S/C9H13NO2S/c1-2-3-5-10-8(11)9(12)4-6-13-7-9/h1,12H,3-7H2,(H,10,11). The van der Waals surface area contributed by atoms with E-state index in [2.05, 4.69) is 11.2 Å². The van der Waals surface area contributed by atoms with Gasteiger partial charge in [-0.2, -0.15) is 11.8 Å². The predicted octanol–water partition coefficient (Wildman–Crippen LogP) is -0.00610. The lowest BCUT2D eigenvalue weighted by molar-refractivity contribution is -0.137. The third kappa shape index (κ3) is 2.64. The van der Waals surface area contributed by atoms with E-state index in [0.717, 1.165) is 5.75 Å². The molecule has 1 heterocycles. The second-order valence-electron chi connectivity index (χ2n) is 3.04. The van der Waals surface area contributed by atoms with Crippen LogP contribution in [0.3, 0.4) is 0 Å². The Morgan fingerprint density at radius 2 is 2.54 bits per heavy atom. The van der Waals surface area contributed by atoms with E-state index in [1.807, 2.05) is 0 Å². The van der Waals surface area contributed by atoms with Crippen molar-refractivity contribution in [3.8, 4) is 12.3 Å². The number of amides is 1. The first-order chi connectivity index (χ1) is 6.19. The molecule has 4 heteroatoms. The van der Waals surface area contributed by atoms with Crippen molar-refractivity contribution in [2.45, 2.75) is 18.4 Å². The minimum absolute atomic E-state index is 0.284. The number of rotatable bonds is 3. The van der Waals surface area contributed by atoms with E-state index in [4.69, 9.17) is 6.42 Å². The van der Waals surface area contributed by atoms with Crippen LogP contribution in [0.15, 0.2) is 0 Å². The molecule has 13 heavy (non-hydrogen) atoms. The van der Waals surface area contributed by atoms with Crippen LogP contribution in [0.25, 0.3) is 0 Å². The van der Waals surface area contributed by atoms with Gasteiger partial charge in [-0.15, -0.1) is 12.3 Å². The average molecular weight is 199 g/mol. The maximum Gasteiger partial charge on any atom is 0.252 e. The number of terminal acetylenes is 1. The summed E-state index contributed by atoms with van der Waals surface area (Å²) in [5, 5.41) is 12.4. The van der Waals surface area contributed by atoms with E-state index in [9.17, 15) is 9.90 Å². The number of thioether (sulfide) groups is 1. The van der Waals surface area contributed by atoms with E-state index in [1.165, 1.54) is 0 Å². The van der Waals surface area contributed by atoms with Crippen molar-refractivity contribution in [3.05, 3.63) is 0 Å². The fourth-order valence-corrected chi connectivity index (χ4v) is 2.39. The van der Waals surface area contributed by atoms with Crippen molar-refractivity contribution in [2.75, 3.05) is 18.1 Å². The molecule has 0 saturated carbocycles. The molecule has 0 radical (unpaired) electrons. The van der Waals surface area contributed by atoms with Crippen LogP contribution in [-0.2, 0) is 4.79 Å². The van der Waals surface area contributed by atoms with Gasteiger partial charge >= 0.3 is 0 Å². The molecule has 0 aromatic carbocycles. The molecule has 3 nitrogen and oxygen atoms in total. The lowest BCUT2D eigenvalue weighted by Crippen LogP contribution is -2.47. The van der Waals surface area contributed by atoms with E-state index in [1.54, 1.807) is 11.8 Å². The normalized spacial score (nSPS) is 26.8. The summed E-state index contributed by atoms with van der Waals surface area (Å²) < 4.78 is 0. The number of hydrogen-bond donors (Lipinski definition) is 2. The number of hydrogen-bond acceptors (Lipinski definition) is 3. The summed E-state index contributed by atoms with van der Waals surface area (Å²) in [6, 6.07) is 0. The molecule has 1 aliphatic heterocycles. The van der Waals surface area contributed by atoms with Gasteiger partial charge in [0, 0.05) is 18.7 Å². The third-order valence-electron chi connectivity index (χ3n) is 1.98. The first kappa shape index (κ1) is 10.4. The molecule has 2 N–H and O–H groups in total. The van der Waals surface area contributed by atoms with Crippen molar-refractivity contribution < 1.29 is 9.90 Å². The van der Waals surface area contributed by atoms with Crippen LogP contribution >= 0.6 is 11.8 Å². The Labute approximate surface area is 82.3 Å². The van der Waals surface area contributed by atoms with Crippen LogP contribution in [0.4, 0.5) is 0 Å². The number of carbonyl (C=O) groups is 1. The van der Waals surface area contributed by atoms with Crippen molar-refractivity contribution in [1.82, 2.24) is 5.32 Å². The second kappa shape index (κ2) is 4.54. The zero-order valence-corrected chi connectivity index (χ0v) is 8.19. The Morgan fingerprint density at radius 3 is 3.08 bits per heavy atom. The smallest absolute Gasteiger partial charge is 0.252 e. The van der Waals surface area contributed by atoms with Crippen molar-refractivity contribution in [3.63, 3.8) is 0 Å². The summed E-state index contributed by atoms with van der Waals surface area (Å²) in [5.41, 5.74) is -1.15. The zero-order valence-electron chi connectivity index (χ0n) is 7.38. The summed E-state index contributed by atoms with van der Waals surface area (Å²) in [4.78, 5) is 11.4. The molecular formula is C9H13NO2S. The number of nitrogens with one attached hydrogen (secondary N) is 1. The topological polar surface area (TPSA) is 49.3 Å². The van der Waals surface area contributed by atoms with Gasteiger partial charge in [-0.1, -0.05) is 0 Å². The minimum Gasteiger partial charge on any atom is -0.379 e. The molecule has 1 fully saturated rings. The van der Waals surface area contributed by atoms with E-state index in [-0.39, 0.29) is 5.91 Å². The summed E-state index contributed by atoms with van der Waals surface area (Å²) in [7, 11) is 0. The van der Waals surface area contributed by atoms with Gasteiger partial charge in [0.05, 0.1) is 0 Å². The summed E-state index contributed by atoms with van der Waals surface area (Å²) in [5.74, 6) is 3.48. The highest BCUT2D eigenvalue weighted by molar-refractivity contribution is 7.99. The molecule has 0 spiro atoms. The predicted molar refractivity (Wildman–Crippen MR) is 53.4 cm³/mol. The molecule has 0 bridgehead atoms. The first-order valence-electron chi connectivity index (χ1n) is 4.21. The van der Waals surface area contributed by atoms with Crippen molar-refractivity contribution in [1.29, 1.82) is 0 Å². The number of aliphatic hydroxyl groups is 1. The molecule has 0 aliphatic carbocycles. The molecule has 1 unspecified atom stereocenters.